The van der Waals surface area contributed by atoms with Crippen LogP contribution in [0.25, 0.3) is 11.3 Å². The third-order valence-electron chi connectivity index (χ3n) is 3.11. The van der Waals surface area contributed by atoms with Crippen molar-refractivity contribution in [3.63, 3.8) is 0 Å². The first kappa shape index (κ1) is 14.5. The number of nitrogens with two attached hydrogens (primary N) is 1. The second kappa shape index (κ2) is 5.59. The molecule has 0 amide bonds. The van der Waals surface area contributed by atoms with E-state index in [9.17, 15) is 0 Å². The van der Waals surface area contributed by atoms with Crippen LogP contribution in [0.2, 0.25) is 0 Å². The lowest BCUT2D eigenvalue weighted by Gasteiger charge is -2.19. The number of benzene rings is 1. The predicted molar refractivity (Wildman–Crippen MR) is 81.3 cm³/mol. The Morgan fingerprint density at radius 3 is 2.30 bits per heavy atom. The fourth-order valence-electron chi connectivity index (χ4n) is 2.00. The van der Waals surface area contributed by atoms with E-state index in [1.807, 2.05) is 0 Å². The van der Waals surface area contributed by atoms with Gasteiger partial charge in [-0.15, -0.1) is 0 Å². The normalized spacial score (nSPS) is 11.6. The van der Waals surface area contributed by atoms with Crippen LogP contribution in [-0.2, 0) is 16.8 Å². The van der Waals surface area contributed by atoms with Gasteiger partial charge in [0.25, 0.3) is 0 Å². The third kappa shape index (κ3) is 3.33. The topological polar surface area (TPSA) is 61.0 Å². The molecule has 4 nitrogen and oxygen atoms in total. The molecule has 0 radical (unpaired) electrons. The van der Waals surface area contributed by atoms with Crippen LogP contribution in [0.1, 0.15) is 32.2 Å². The number of anilines is 1. The highest BCUT2D eigenvalue weighted by molar-refractivity contribution is 5.62. The molecule has 0 bridgehead atoms. The van der Waals surface area contributed by atoms with Crippen LogP contribution in [0.5, 0.6) is 0 Å². The van der Waals surface area contributed by atoms with Gasteiger partial charge in [0, 0.05) is 18.7 Å². The Morgan fingerprint density at radius 2 is 1.75 bits per heavy atom. The summed E-state index contributed by atoms with van der Waals surface area (Å²) in [5, 5.41) is 0. The summed E-state index contributed by atoms with van der Waals surface area (Å²) in [5.41, 5.74) is 9.11. The van der Waals surface area contributed by atoms with E-state index < -0.39 is 0 Å². The summed E-state index contributed by atoms with van der Waals surface area (Å²) >= 11 is 0. The SMILES string of the molecule is COCc1nc(N)cc(-c2ccc(C(C)(C)C)cc2)n1. The average molecular weight is 271 g/mol. The number of nitrogen functional groups attached to an aromatic ring is 1. The quantitative estimate of drug-likeness (QED) is 0.931. The number of rotatable bonds is 3. The van der Waals surface area contributed by atoms with E-state index >= 15 is 0 Å². The van der Waals surface area contributed by atoms with Crippen molar-refractivity contribution in [3.05, 3.63) is 41.7 Å². The van der Waals surface area contributed by atoms with Crippen molar-refractivity contribution < 1.29 is 4.74 Å². The number of ether oxygens (including phenoxy) is 1. The fraction of sp³-hybridized carbons (Fsp3) is 0.375. The number of aromatic nitrogens is 2. The lowest BCUT2D eigenvalue weighted by molar-refractivity contribution is 0.178. The molecule has 20 heavy (non-hydrogen) atoms. The summed E-state index contributed by atoms with van der Waals surface area (Å²) in [6.45, 7) is 6.95. The lowest BCUT2D eigenvalue weighted by atomic mass is 9.86. The molecule has 0 atom stereocenters. The Balaban J connectivity index is 2.36. The van der Waals surface area contributed by atoms with Crippen molar-refractivity contribution in [2.75, 3.05) is 12.8 Å². The minimum absolute atomic E-state index is 0.143. The molecule has 4 heteroatoms. The molecule has 106 valence electrons. The smallest absolute Gasteiger partial charge is 0.157 e. The van der Waals surface area contributed by atoms with Crippen molar-refractivity contribution in [2.45, 2.75) is 32.8 Å². The minimum Gasteiger partial charge on any atom is -0.384 e. The molecule has 0 aliphatic heterocycles. The summed E-state index contributed by atoms with van der Waals surface area (Å²) < 4.78 is 5.06. The number of methoxy groups -OCH3 is 1. The Labute approximate surface area is 120 Å². The maximum Gasteiger partial charge on any atom is 0.157 e. The minimum atomic E-state index is 0.143. The molecule has 0 unspecified atom stereocenters. The van der Waals surface area contributed by atoms with E-state index in [-0.39, 0.29) is 5.41 Å². The molecule has 2 N–H and O–H groups in total. The standard InChI is InChI=1S/C16H21N3O/c1-16(2,3)12-7-5-11(6-8-12)13-9-14(17)19-15(18-13)10-20-4/h5-9H,10H2,1-4H3,(H2,17,18,19). The second-order valence-electron chi connectivity index (χ2n) is 5.85. The zero-order chi connectivity index (χ0) is 14.8. The van der Waals surface area contributed by atoms with Crippen molar-refractivity contribution in [2.24, 2.45) is 0 Å². The van der Waals surface area contributed by atoms with E-state index in [2.05, 4.69) is 55.0 Å². The van der Waals surface area contributed by atoms with E-state index in [1.54, 1.807) is 13.2 Å². The Hall–Kier alpha value is -1.94. The van der Waals surface area contributed by atoms with Gasteiger partial charge in [-0.05, 0) is 11.0 Å². The van der Waals surface area contributed by atoms with Gasteiger partial charge in [-0.3, -0.25) is 0 Å². The van der Waals surface area contributed by atoms with Crippen LogP contribution in [-0.4, -0.2) is 17.1 Å². The van der Waals surface area contributed by atoms with Gasteiger partial charge >= 0.3 is 0 Å². The molecule has 2 aromatic rings. The van der Waals surface area contributed by atoms with Crippen LogP contribution < -0.4 is 5.73 Å². The molecule has 2 rings (SSSR count). The van der Waals surface area contributed by atoms with Crippen molar-refractivity contribution in [1.82, 2.24) is 9.97 Å². The van der Waals surface area contributed by atoms with Gasteiger partial charge < -0.3 is 10.5 Å². The highest BCUT2D eigenvalue weighted by Crippen LogP contribution is 2.25. The summed E-state index contributed by atoms with van der Waals surface area (Å²) in [7, 11) is 1.62. The molecule has 0 saturated carbocycles. The number of nitrogens with zero attached hydrogens (tertiary/aromatic N) is 2. The molecule has 0 saturated heterocycles. The molecule has 1 heterocycles. The van der Waals surface area contributed by atoms with E-state index in [4.69, 9.17) is 10.5 Å². The van der Waals surface area contributed by atoms with Crippen molar-refractivity contribution in [3.8, 4) is 11.3 Å². The summed E-state index contributed by atoms with van der Waals surface area (Å²) in [5.74, 6) is 1.06. The van der Waals surface area contributed by atoms with Gasteiger partial charge in [0.15, 0.2) is 5.82 Å². The molecule has 1 aromatic heterocycles. The molecular formula is C16H21N3O. The average Bonchev–Trinajstić information content (AvgIpc) is 2.37. The van der Waals surface area contributed by atoms with E-state index in [0.29, 0.717) is 18.2 Å². The second-order valence-corrected chi connectivity index (χ2v) is 5.85. The van der Waals surface area contributed by atoms with Crippen LogP contribution in [0.15, 0.2) is 30.3 Å². The largest absolute Gasteiger partial charge is 0.384 e. The predicted octanol–water partition coefficient (Wildman–Crippen LogP) is 3.17. The zero-order valence-corrected chi connectivity index (χ0v) is 12.5. The van der Waals surface area contributed by atoms with Crippen LogP contribution >= 0.6 is 0 Å². The van der Waals surface area contributed by atoms with E-state index in [0.717, 1.165) is 11.3 Å². The van der Waals surface area contributed by atoms with Crippen LogP contribution in [0, 0.1) is 0 Å². The van der Waals surface area contributed by atoms with Gasteiger partial charge in [0.2, 0.25) is 0 Å². The fourth-order valence-corrected chi connectivity index (χ4v) is 2.00. The van der Waals surface area contributed by atoms with Crippen molar-refractivity contribution in [1.29, 1.82) is 0 Å². The highest BCUT2D eigenvalue weighted by atomic mass is 16.5. The summed E-state index contributed by atoms with van der Waals surface area (Å²) in [6, 6.07) is 10.2. The number of hydrogen-bond acceptors (Lipinski definition) is 4. The monoisotopic (exact) mass is 271 g/mol. The van der Waals surface area contributed by atoms with Gasteiger partial charge in [-0.2, -0.15) is 0 Å². The summed E-state index contributed by atoms with van der Waals surface area (Å²) in [4.78, 5) is 8.62. The molecule has 0 fully saturated rings. The molecule has 0 aliphatic rings. The van der Waals surface area contributed by atoms with E-state index in [1.165, 1.54) is 5.56 Å². The maximum atomic E-state index is 5.82. The summed E-state index contributed by atoms with van der Waals surface area (Å²) in [6.07, 6.45) is 0. The molecular weight excluding hydrogens is 250 g/mol. The molecule has 1 aromatic carbocycles. The highest BCUT2D eigenvalue weighted by Gasteiger charge is 2.13. The Morgan fingerprint density at radius 1 is 1.10 bits per heavy atom. The third-order valence-corrected chi connectivity index (χ3v) is 3.11. The van der Waals surface area contributed by atoms with Gasteiger partial charge in [-0.25, -0.2) is 9.97 Å². The Bertz CT molecular complexity index is 586. The van der Waals surface area contributed by atoms with Crippen molar-refractivity contribution >= 4 is 5.82 Å². The lowest BCUT2D eigenvalue weighted by Crippen LogP contribution is -2.10. The van der Waals surface area contributed by atoms with Gasteiger partial charge in [0.05, 0.1) is 5.69 Å². The molecule has 0 aliphatic carbocycles. The van der Waals surface area contributed by atoms with Crippen LogP contribution in [0.3, 0.4) is 0 Å². The first-order chi connectivity index (χ1) is 9.40. The first-order valence-corrected chi connectivity index (χ1v) is 6.63. The number of hydrogen-bond donors (Lipinski definition) is 1. The van der Waals surface area contributed by atoms with Gasteiger partial charge in [0.1, 0.15) is 12.4 Å². The maximum absolute atomic E-state index is 5.82. The van der Waals surface area contributed by atoms with Gasteiger partial charge in [-0.1, -0.05) is 45.0 Å². The van der Waals surface area contributed by atoms with Crippen LogP contribution in [0.4, 0.5) is 5.82 Å². The first-order valence-electron chi connectivity index (χ1n) is 6.63. The Kier molecular flexibility index (Phi) is 4.04. The molecule has 0 spiro atoms. The zero-order valence-electron chi connectivity index (χ0n) is 12.5.